The lowest BCUT2D eigenvalue weighted by Crippen LogP contribution is -2.38. The van der Waals surface area contributed by atoms with Gasteiger partial charge < -0.3 is 15.2 Å². The van der Waals surface area contributed by atoms with E-state index in [2.05, 4.69) is 69.9 Å². The minimum absolute atomic E-state index is 0.580. The molecular weight excluding hydrogens is 376 g/mol. The maximum absolute atomic E-state index is 4.70. The van der Waals surface area contributed by atoms with Crippen molar-refractivity contribution in [2.24, 2.45) is 10.9 Å². The van der Waals surface area contributed by atoms with E-state index in [0.29, 0.717) is 5.92 Å². The number of aliphatic imine (C=N–C) groups is 1. The van der Waals surface area contributed by atoms with Crippen LogP contribution in [0.15, 0.2) is 27.7 Å². The largest absolute Gasteiger partial charge is 0.357 e. The Labute approximate surface area is 171 Å². The molecule has 27 heavy (non-hydrogen) atoms. The first-order valence-corrected chi connectivity index (χ1v) is 11.7. The molecule has 2 heterocycles. The van der Waals surface area contributed by atoms with Crippen molar-refractivity contribution in [1.29, 1.82) is 0 Å². The fraction of sp³-hybridized carbons (Fsp3) is 0.632. The Bertz CT molecular complexity index is 678. The summed E-state index contributed by atoms with van der Waals surface area (Å²) in [5.41, 5.74) is 0. The van der Waals surface area contributed by atoms with E-state index in [1.807, 2.05) is 0 Å². The number of hydrogen-bond donors (Lipinski definition) is 2. The Morgan fingerprint density at radius 1 is 1.30 bits per heavy atom. The van der Waals surface area contributed by atoms with E-state index in [1.54, 1.807) is 23.1 Å². The van der Waals surface area contributed by atoms with Crippen molar-refractivity contribution in [2.45, 2.75) is 51.7 Å². The predicted molar refractivity (Wildman–Crippen MR) is 117 cm³/mol. The van der Waals surface area contributed by atoms with Crippen LogP contribution in [0, 0.1) is 5.92 Å². The van der Waals surface area contributed by atoms with Crippen LogP contribution in [0.4, 0.5) is 0 Å². The molecule has 0 aliphatic rings. The minimum atomic E-state index is 0.580. The summed E-state index contributed by atoms with van der Waals surface area (Å²) in [6.07, 6.45) is 4.95. The molecule has 2 rings (SSSR count). The molecule has 0 fully saturated rings. The maximum atomic E-state index is 4.70. The SMILES string of the molecule is CCNC(=NCCCc1nnc(SC)n1CC(C)C)NCCc1cccs1. The Hall–Kier alpha value is -1.54. The van der Waals surface area contributed by atoms with Gasteiger partial charge in [-0.15, -0.1) is 21.5 Å². The highest BCUT2D eigenvalue weighted by atomic mass is 32.2. The van der Waals surface area contributed by atoms with Crippen LogP contribution in [0.2, 0.25) is 0 Å². The predicted octanol–water partition coefficient (Wildman–Crippen LogP) is 3.45. The van der Waals surface area contributed by atoms with Crippen molar-refractivity contribution < 1.29 is 0 Å². The normalized spacial score (nSPS) is 12.0. The van der Waals surface area contributed by atoms with Crippen molar-refractivity contribution in [3.05, 3.63) is 28.2 Å². The second-order valence-electron chi connectivity index (χ2n) is 6.73. The van der Waals surface area contributed by atoms with Crippen LogP contribution in [0.5, 0.6) is 0 Å². The molecule has 0 unspecified atom stereocenters. The Kier molecular flexibility index (Phi) is 9.69. The lowest BCUT2D eigenvalue weighted by atomic mass is 10.2. The summed E-state index contributed by atoms with van der Waals surface area (Å²) < 4.78 is 2.25. The van der Waals surface area contributed by atoms with Crippen molar-refractivity contribution in [1.82, 2.24) is 25.4 Å². The van der Waals surface area contributed by atoms with Crippen molar-refractivity contribution in [3.63, 3.8) is 0 Å². The van der Waals surface area contributed by atoms with Gasteiger partial charge in [-0.1, -0.05) is 31.7 Å². The van der Waals surface area contributed by atoms with E-state index in [-0.39, 0.29) is 0 Å². The fourth-order valence-electron chi connectivity index (χ4n) is 2.73. The first kappa shape index (κ1) is 21.8. The first-order chi connectivity index (χ1) is 13.1. The van der Waals surface area contributed by atoms with Crippen LogP contribution in [0.1, 0.15) is 37.9 Å². The van der Waals surface area contributed by atoms with Crippen molar-refractivity contribution >= 4 is 29.1 Å². The smallest absolute Gasteiger partial charge is 0.191 e. The summed E-state index contributed by atoms with van der Waals surface area (Å²) >= 11 is 3.46. The summed E-state index contributed by atoms with van der Waals surface area (Å²) in [5, 5.41) is 18.6. The van der Waals surface area contributed by atoms with Crippen LogP contribution < -0.4 is 10.6 Å². The molecule has 0 aromatic carbocycles. The van der Waals surface area contributed by atoms with Gasteiger partial charge in [-0.2, -0.15) is 0 Å². The summed E-state index contributed by atoms with van der Waals surface area (Å²) in [6.45, 7) is 10.0. The van der Waals surface area contributed by atoms with E-state index >= 15 is 0 Å². The molecule has 0 atom stereocenters. The third-order valence-electron chi connectivity index (χ3n) is 3.94. The number of nitrogens with one attached hydrogen (secondary N) is 2. The average Bonchev–Trinajstić information content (AvgIpc) is 3.28. The van der Waals surface area contributed by atoms with Gasteiger partial charge in [-0.25, -0.2) is 0 Å². The van der Waals surface area contributed by atoms with Gasteiger partial charge in [0.15, 0.2) is 11.1 Å². The summed E-state index contributed by atoms with van der Waals surface area (Å²) in [6, 6.07) is 4.27. The lowest BCUT2D eigenvalue weighted by Gasteiger charge is -2.12. The Morgan fingerprint density at radius 3 is 2.81 bits per heavy atom. The molecule has 6 nitrogen and oxygen atoms in total. The monoisotopic (exact) mass is 408 g/mol. The van der Waals surface area contributed by atoms with Gasteiger partial charge in [0.2, 0.25) is 0 Å². The Balaban J connectivity index is 1.81. The molecule has 0 saturated heterocycles. The molecule has 0 aliphatic heterocycles. The standard InChI is InChI=1S/C19H32N6S2/c1-5-20-18(22-12-10-16-8-7-13-27-16)21-11-6-9-17-23-24-19(26-4)25(17)14-15(2)3/h7-8,13,15H,5-6,9-12,14H2,1-4H3,(H2,20,21,22). The summed E-state index contributed by atoms with van der Waals surface area (Å²) in [4.78, 5) is 6.10. The van der Waals surface area contributed by atoms with E-state index in [1.165, 1.54) is 4.88 Å². The van der Waals surface area contributed by atoms with Crippen LogP contribution in [-0.2, 0) is 19.4 Å². The highest BCUT2D eigenvalue weighted by Crippen LogP contribution is 2.16. The topological polar surface area (TPSA) is 67.1 Å². The van der Waals surface area contributed by atoms with Gasteiger partial charge in [-0.3, -0.25) is 4.99 Å². The number of aryl methyl sites for hydroxylation is 1. The minimum Gasteiger partial charge on any atom is -0.357 e. The van der Waals surface area contributed by atoms with Gasteiger partial charge in [0.25, 0.3) is 0 Å². The van der Waals surface area contributed by atoms with Gasteiger partial charge in [0.1, 0.15) is 5.82 Å². The average molecular weight is 409 g/mol. The van der Waals surface area contributed by atoms with E-state index in [9.17, 15) is 0 Å². The molecule has 0 saturated carbocycles. The molecule has 150 valence electrons. The first-order valence-electron chi connectivity index (χ1n) is 9.64. The van der Waals surface area contributed by atoms with Crippen molar-refractivity contribution in [3.8, 4) is 0 Å². The molecule has 2 aromatic heterocycles. The number of hydrogen-bond acceptors (Lipinski definition) is 5. The molecule has 0 aliphatic carbocycles. The second-order valence-corrected chi connectivity index (χ2v) is 8.53. The molecule has 0 bridgehead atoms. The van der Waals surface area contributed by atoms with Gasteiger partial charge in [-0.05, 0) is 43.4 Å². The molecular formula is C19H32N6S2. The molecule has 0 radical (unpaired) electrons. The fourth-order valence-corrected chi connectivity index (χ4v) is 3.96. The second kappa shape index (κ2) is 12.0. The zero-order valence-electron chi connectivity index (χ0n) is 16.9. The maximum Gasteiger partial charge on any atom is 0.191 e. The third kappa shape index (κ3) is 7.54. The molecule has 0 amide bonds. The molecule has 8 heteroatoms. The number of guanidine groups is 1. The molecule has 2 N–H and O–H groups in total. The number of nitrogens with zero attached hydrogens (tertiary/aromatic N) is 4. The number of aromatic nitrogens is 3. The lowest BCUT2D eigenvalue weighted by molar-refractivity contribution is 0.477. The van der Waals surface area contributed by atoms with E-state index < -0.39 is 0 Å². The zero-order valence-corrected chi connectivity index (χ0v) is 18.5. The van der Waals surface area contributed by atoms with E-state index in [4.69, 9.17) is 4.99 Å². The zero-order chi connectivity index (χ0) is 19.5. The van der Waals surface area contributed by atoms with Crippen LogP contribution in [0.25, 0.3) is 0 Å². The highest BCUT2D eigenvalue weighted by Gasteiger charge is 2.12. The van der Waals surface area contributed by atoms with Crippen LogP contribution >= 0.6 is 23.1 Å². The van der Waals surface area contributed by atoms with Gasteiger partial charge in [0.05, 0.1) is 0 Å². The summed E-state index contributed by atoms with van der Waals surface area (Å²) in [5.74, 6) is 2.54. The van der Waals surface area contributed by atoms with E-state index in [0.717, 1.165) is 62.4 Å². The number of rotatable bonds is 11. The summed E-state index contributed by atoms with van der Waals surface area (Å²) in [7, 11) is 0. The van der Waals surface area contributed by atoms with Gasteiger partial charge in [0, 0.05) is 37.5 Å². The molecule has 0 spiro atoms. The van der Waals surface area contributed by atoms with Crippen LogP contribution in [-0.4, -0.2) is 46.6 Å². The quantitative estimate of drug-likeness (QED) is 0.258. The van der Waals surface area contributed by atoms with Crippen molar-refractivity contribution in [2.75, 3.05) is 25.9 Å². The van der Waals surface area contributed by atoms with Crippen LogP contribution in [0.3, 0.4) is 0 Å². The highest BCUT2D eigenvalue weighted by molar-refractivity contribution is 7.98. The number of thioether (sulfide) groups is 1. The third-order valence-corrected chi connectivity index (χ3v) is 5.54. The molecule has 2 aromatic rings. The Morgan fingerprint density at radius 2 is 2.15 bits per heavy atom. The van der Waals surface area contributed by atoms with Gasteiger partial charge >= 0.3 is 0 Å². The number of thiophene rings is 1.